The number of carbonyl (C=O) groups excluding carboxylic acids is 1. The van der Waals surface area contributed by atoms with Gasteiger partial charge < -0.3 is 5.32 Å². The third kappa shape index (κ3) is 4.88. The molecular formula is C24H25FN4OS. The fourth-order valence-electron chi connectivity index (χ4n) is 3.69. The summed E-state index contributed by atoms with van der Waals surface area (Å²) in [5.74, 6) is 0.686. The Morgan fingerprint density at radius 1 is 1.13 bits per heavy atom. The van der Waals surface area contributed by atoms with Crippen LogP contribution in [-0.2, 0) is 11.2 Å². The molecule has 2 aromatic carbocycles. The van der Waals surface area contributed by atoms with E-state index in [4.69, 9.17) is 4.98 Å². The predicted molar refractivity (Wildman–Crippen MR) is 123 cm³/mol. The molecule has 4 aromatic rings. The Morgan fingerprint density at radius 2 is 1.90 bits per heavy atom. The van der Waals surface area contributed by atoms with Crippen molar-refractivity contribution in [2.24, 2.45) is 0 Å². The number of hydrogen-bond acceptors (Lipinski definition) is 4. The minimum atomic E-state index is -0.225. The van der Waals surface area contributed by atoms with Crippen molar-refractivity contribution in [1.29, 1.82) is 0 Å². The van der Waals surface area contributed by atoms with Crippen molar-refractivity contribution in [3.63, 3.8) is 0 Å². The van der Waals surface area contributed by atoms with E-state index in [2.05, 4.69) is 10.4 Å². The molecule has 0 saturated carbocycles. The normalized spacial score (nSPS) is 11.3. The first kappa shape index (κ1) is 21.3. The molecule has 0 saturated heterocycles. The number of halogens is 1. The van der Waals surface area contributed by atoms with Crippen LogP contribution in [0.3, 0.4) is 0 Å². The quantitative estimate of drug-likeness (QED) is 0.316. The minimum Gasteiger partial charge on any atom is -0.356 e. The van der Waals surface area contributed by atoms with Gasteiger partial charge in [0, 0.05) is 34.6 Å². The number of rotatable bonds is 8. The number of benzene rings is 2. The summed E-state index contributed by atoms with van der Waals surface area (Å²) in [6.45, 7) is 4.66. The lowest BCUT2D eigenvalue weighted by Gasteiger charge is -2.11. The molecular weight excluding hydrogens is 411 g/mol. The molecule has 0 spiro atoms. The topological polar surface area (TPSA) is 59.3 Å². The summed E-state index contributed by atoms with van der Waals surface area (Å²) in [4.78, 5) is 18.1. The van der Waals surface area contributed by atoms with Crippen LogP contribution in [0.15, 0.2) is 53.4 Å². The van der Waals surface area contributed by atoms with E-state index in [0.29, 0.717) is 19.4 Å². The van der Waals surface area contributed by atoms with Crippen LogP contribution < -0.4 is 5.32 Å². The van der Waals surface area contributed by atoms with Gasteiger partial charge in [0.25, 0.3) is 0 Å². The molecule has 1 amide bonds. The molecule has 1 N–H and O–H groups in total. The SMILES string of the molecule is Cc1nc2c3ccccc3nn2c(C)c1CCC(=O)NCCCSc1ccc(F)cc1. The molecule has 31 heavy (non-hydrogen) atoms. The molecule has 0 radical (unpaired) electrons. The van der Waals surface area contributed by atoms with Gasteiger partial charge in [-0.3, -0.25) is 4.79 Å². The summed E-state index contributed by atoms with van der Waals surface area (Å²) >= 11 is 1.66. The highest BCUT2D eigenvalue weighted by atomic mass is 32.2. The van der Waals surface area contributed by atoms with E-state index < -0.39 is 0 Å². The van der Waals surface area contributed by atoms with Gasteiger partial charge in [-0.1, -0.05) is 12.1 Å². The van der Waals surface area contributed by atoms with Crippen LogP contribution in [0.2, 0.25) is 0 Å². The monoisotopic (exact) mass is 436 g/mol. The number of thioether (sulfide) groups is 1. The van der Waals surface area contributed by atoms with E-state index in [1.165, 1.54) is 12.1 Å². The number of amides is 1. The highest BCUT2D eigenvalue weighted by molar-refractivity contribution is 7.99. The Labute approximate surface area is 185 Å². The predicted octanol–water partition coefficient (Wildman–Crippen LogP) is 4.87. The van der Waals surface area contributed by atoms with Crippen molar-refractivity contribution >= 4 is 34.2 Å². The van der Waals surface area contributed by atoms with Gasteiger partial charge in [-0.25, -0.2) is 13.9 Å². The smallest absolute Gasteiger partial charge is 0.220 e. The van der Waals surface area contributed by atoms with Crippen molar-refractivity contribution in [3.05, 3.63) is 71.3 Å². The standard InChI is InChI=1S/C24H25FN4OS/c1-16-20(17(2)29-24(27-16)21-6-3-4-7-22(21)28-29)12-13-23(30)26-14-5-15-31-19-10-8-18(25)9-11-19/h3-4,6-11H,5,12-15H2,1-2H3,(H,26,30). The Hall–Kier alpha value is -2.93. The zero-order valence-electron chi connectivity index (χ0n) is 17.7. The zero-order chi connectivity index (χ0) is 21.8. The van der Waals surface area contributed by atoms with Crippen LogP contribution in [0.5, 0.6) is 0 Å². The lowest BCUT2D eigenvalue weighted by Crippen LogP contribution is -2.25. The molecule has 0 fully saturated rings. The largest absolute Gasteiger partial charge is 0.356 e. The summed E-state index contributed by atoms with van der Waals surface area (Å²) in [5, 5.41) is 8.70. The number of nitrogens with one attached hydrogen (secondary N) is 1. The van der Waals surface area contributed by atoms with E-state index in [0.717, 1.165) is 50.6 Å². The molecule has 0 aliphatic heterocycles. The van der Waals surface area contributed by atoms with Crippen LogP contribution in [0.25, 0.3) is 16.6 Å². The Balaban J connectivity index is 1.29. The maximum absolute atomic E-state index is 12.9. The summed E-state index contributed by atoms with van der Waals surface area (Å²) in [6.07, 6.45) is 1.91. The summed E-state index contributed by atoms with van der Waals surface area (Å²) in [6, 6.07) is 14.5. The van der Waals surface area contributed by atoms with E-state index in [9.17, 15) is 9.18 Å². The van der Waals surface area contributed by atoms with Gasteiger partial charge in [0.1, 0.15) is 5.82 Å². The first-order valence-electron chi connectivity index (χ1n) is 10.4. The fourth-order valence-corrected chi connectivity index (χ4v) is 4.54. The fraction of sp³-hybridized carbons (Fsp3) is 0.292. The van der Waals surface area contributed by atoms with Gasteiger partial charge in [0.15, 0.2) is 5.65 Å². The van der Waals surface area contributed by atoms with Crippen molar-refractivity contribution in [2.75, 3.05) is 12.3 Å². The average Bonchev–Trinajstić information content (AvgIpc) is 3.13. The number of carbonyl (C=O) groups is 1. The van der Waals surface area contributed by atoms with Crippen LogP contribution >= 0.6 is 11.8 Å². The van der Waals surface area contributed by atoms with Crippen LogP contribution in [0, 0.1) is 19.7 Å². The highest BCUT2D eigenvalue weighted by Crippen LogP contribution is 2.23. The molecule has 0 bridgehead atoms. The van der Waals surface area contributed by atoms with Crippen molar-refractivity contribution in [3.8, 4) is 0 Å². The number of aromatic nitrogens is 3. The van der Waals surface area contributed by atoms with Gasteiger partial charge >= 0.3 is 0 Å². The molecule has 0 aliphatic rings. The van der Waals surface area contributed by atoms with Gasteiger partial charge in [0.2, 0.25) is 5.91 Å². The maximum Gasteiger partial charge on any atom is 0.220 e. The Bertz CT molecular complexity index is 1220. The second-order valence-corrected chi connectivity index (χ2v) is 8.69. The van der Waals surface area contributed by atoms with Crippen molar-refractivity contribution in [2.45, 2.75) is 38.0 Å². The minimum absolute atomic E-state index is 0.0382. The third-order valence-corrected chi connectivity index (χ3v) is 6.44. The second-order valence-electron chi connectivity index (χ2n) is 7.52. The van der Waals surface area contributed by atoms with E-state index >= 15 is 0 Å². The molecule has 0 unspecified atom stereocenters. The second kappa shape index (κ2) is 9.47. The van der Waals surface area contributed by atoms with E-state index in [-0.39, 0.29) is 11.7 Å². The lowest BCUT2D eigenvalue weighted by atomic mass is 10.1. The summed E-state index contributed by atoms with van der Waals surface area (Å²) < 4.78 is 14.8. The first-order valence-corrected chi connectivity index (χ1v) is 11.4. The molecule has 7 heteroatoms. The van der Waals surface area contributed by atoms with Crippen LogP contribution in [0.4, 0.5) is 4.39 Å². The molecule has 0 atom stereocenters. The molecule has 4 rings (SSSR count). The Morgan fingerprint density at radius 3 is 2.71 bits per heavy atom. The van der Waals surface area contributed by atoms with Crippen LogP contribution in [0.1, 0.15) is 29.8 Å². The van der Waals surface area contributed by atoms with Gasteiger partial charge in [-0.05, 0) is 74.4 Å². The number of nitrogens with zero attached hydrogens (tertiary/aromatic N) is 3. The van der Waals surface area contributed by atoms with E-state index in [1.807, 2.05) is 42.6 Å². The third-order valence-electron chi connectivity index (χ3n) is 5.35. The molecule has 2 aromatic heterocycles. The molecule has 0 aliphatic carbocycles. The van der Waals surface area contributed by atoms with Gasteiger partial charge in [-0.2, -0.15) is 5.10 Å². The number of aryl methyl sites for hydroxylation is 2. The van der Waals surface area contributed by atoms with Gasteiger partial charge in [-0.15, -0.1) is 11.8 Å². The van der Waals surface area contributed by atoms with E-state index in [1.54, 1.807) is 23.9 Å². The summed E-state index contributed by atoms with van der Waals surface area (Å²) in [7, 11) is 0. The molecule has 2 heterocycles. The molecule has 160 valence electrons. The Kier molecular flexibility index (Phi) is 6.51. The van der Waals surface area contributed by atoms with Crippen LogP contribution in [-0.4, -0.2) is 32.8 Å². The summed E-state index contributed by atoms with van der Waals surface area (Å²) in [5.41, 5.74) is 4.83. The molecule has 5 nitrogen and oxygen atoms in total. The van der Waals surface area contributed by atoms with Gasteiger partial charge in [0.05, 0.1) is 5.52 Å². The lowest BCUT2D eigenvalue weighted by molar-refractivity contribution is -0.121. The van der Waals surface area contributed by atoms with Crippen molar-refractivity contribution < 1.29 is 9.18 Å². The average molecular weight is 437 g/mol. The number of fused-ring (bicyclic) bond motifs is 3. The van der Waals surface area contributed by atoms with Crippen molar-refractivity contribution in [1.82, 2.24) is 19.9 Å². The highest BCUT2D eigenvalue weighted by Gasteiger charge is 2.14. The maximum atomic E-state index is 12.9. The first-order chi connectivity index (χ1) is 15.0. The number of hydrogen-bond donors (Lipinski definition) is 1. The zero-order valence-corrected chi connectivity index (χ0v) is 18.5.